The second-order valence-electron chi connectivity index (χ2n) is 4.18. The van der Waals surface area contributed by atoms with Gasteiger partial charge in [-0.3, -0.25) is 0 Å². The zero-order valence-electron chi connectivity index (χ0n) is 10.8. The molecule has 2 N–H and O–H groups in total. The normalized spacial score (nSPS) is 10.4. The number of ether oxygens (including phenoxy) is 1. The molecule has 0 spiro atoms. The van der Waals surface area contributed by atoms with Crippen molar-refractivity contribution in [2.24, 2.45) is 0 Å². The van der Waals surface area contributed by atoms with Crippen molar-refractivity contribution in [3.05, 3.63) is 34.3 Å². The molecule has 18 heavy (non-hydrogen) atoms. The van der Waals surface area contributed by atoms with Gasteiger partial charge in [-0.05, 0) is 13.0 Å². The van der Waals surface area contributed by atoms with Gasteiger partial charge >= 0.3 is 0 Å². The summed E-state index contributed by atoms with van der Waals surface area (Å²) in [5.74, 6) is 0.770. The van der Waals surface area contributed by atoms with Crippen LogP contribution in [0.5, 0.6) is 5.75 Å². The number of benzene rings is 1. The van der Waals surface area contributed by atoms with Crippen LogP contribution in [0.4, 0.5) is 11.4 Å². The fraction of sp³-hybridized carbons (Fsp3) is 0.308. The second kappa shape index (κ2) is 5.27. The Balaban J connectivity index is 2.17. The van der Waals surface area contributed by atoms with Gasteiger partial charge in [-0.25, -0.2) is 4.98 Å². The largest absolute Gasteiger partial charge is 0.497 e. The molecular formula is C13H17N3OS. The van der Waals surface area contributed by atoms with Crippen molar-refractivity contribution < 1.29 is 4.74 Å². The SMILES string of the molecule is COc1cc(N)cc(N(C)Cc2csc(C)n2)c1. The molecule has 0 fully saturated rings. The van der Waals surface area contributed by atoms with Gasteiger partial charge in [-0.2, -0.15) is 0 Å². The maximum atomic E-state index is 5.85. The van der Waals surface area contributed by atoms with Gasteiger partial charge in [-0.1, -0.05) is 0 Å². The maximum Gasteiger partial charge on any atom is 0.122 e. The number of methoxy groups -OCH3 is 1. The van der Waals surface area contributed by atoms with E-state index in [1.165, 1.54) is 0 Å². The Morgan fingerprint density at radius 1 is 1.39 bits per heavy atom. The molecule has 0 radical (unpaired) electrons. The summed E-state index contributed by atoms with van der Waals surface area (Å²) in [5.41, 5.74) is 8.65. The molecule has 96 valence electrons. The lowest BCUT2D eigenvalue weighted by Gasteiger charge is -2.19. The smallest absolute Gasteiger partial charge is 0.122 e. The summed E-state index contributed by atoms with van der Waals surface area (Å²) in [7, 11) is 3.66. The van der Waals surface area contributed by atoms with E-state index >= 15 is 0 Å². The van der Waals surface area contributed by atoms with Crippen LogP contribution in [0.3, 0.4) is 0 Å². The highest BCUT2D eigenvalue weighted by Gasteiger charge is 2.07. The van der Waals surface area contributed by atoms with Crippen LogP contribution in [0.2, 0.25) is 0 Å². The summed E-state index contributed by atoms with van der Waals surface area (Å²) in [6.07, 6.45) is 0. The zero-order valence-corrected chi connectivity index (χ0v) is 11.6. The summed E-state index contributed by atoms with van der Waals surface area (Å²) < 4.78 is 5.22. The Bertz CT molecular complexity index is 539. The Hall–Kier alpha value is -1.75. The number of thiazole rings is 1. The van der Waals surface area contributed by atoms with E-state index in [9.17, 15) is 0 Å². The molecule has 2 aromatic rings. The topological polar surface area (TPSA) is 51.4 Å². The lowest BCUT2D eigenvalue weighted by atomic mass is 10.2. The first-order chi connectivity index (χ1) is 8.58. The second-order valence-corrected chi connectivity index (χ2v) is 5.24. The van der Waals surface area contributed by atoms with Crippen LogP contribution in [-0.2, 0) is 6.54 Å². The van der Waals surface area contributed by atoms with Crippen LogP contribution in [0, 0.1) is 6.92 Å². The highest BCUT2D eigenvalue weighted by Crippen LogP contribution is 2.25. The zero-order chi connectivity index (χ0) is 13.1. The lowest BCUT2D eigenvalue weighted by molar-refractivity contribution is 0.415. The van der Waals surface area contributed by atoms with E-state index in [2.05, 4.69) is 15.3 Å². The summed E-state index contributed by atoms with van der Waals surface area (Å²) in [4.78, 5) is 6.56. The number of aryl methyl sites for hydroxylation is 1. The molecule has 0 atom stereocenters. The Morgan fingerprint density at radius 3 is 2.78 bits per heavy atom. The monoisotopic (exact) mass is 263 g/mol. The number of anilines is 2. The summed E-state index contributed by atoms with van der Waals surface area (Å²) >= 11 is 1.67. The van der Waals surface area contributed by atoms with Gasteiger partial charge in [0.2, 0.25) is 0 Å². The lowest BCUT2D eigenvalue weighted by Crippen LogP contribution is -2.16. The van der Waals surface area contributed by atoms with Gasteiger partial charge in [0, 0.05) is 35.9 Å². The Morgan fingerprint density at radius 2 is 2.17 bits per heavy atom. The van der Waals surface area contributed by atoms with Gasteiger partial charge in [0.1, 0.15) is 5.75 Å². The molecule has 1 aromatic carbocycles. The molecule has 0 amide bonds. The van der Waals surface area contributed by atoms with Crippen molar-refractivity contribution in [3.8, 4) is 5.75 Å². The highest BCUT2D eigenvalue weighted by molar-refractivity contribution is 7.09. The summed E-state index contributed by atoms with van der Waals surface area (Å²) in [6.45, 7) is 2.77. The van der Waals surface area contributed by atoms with Gasteiger partial charge in [-0.15, -0.1) is 11.3 Å². The van der Waals surface area contributed by atoms with Gasteiger partial charge in [0.05, 0.1) is 24.4 Å². The number of hydrogen-bond acceptors (Lipinski definition) is 5. The minimum absolute atomic E-state index is 0.700. The van der Waals surface area contributed by atoms with E-state index in [0.717, 1.165) is 28.7 Å². The molecule has 1 aromatic heterocycles. The van der Waals surface area contributed by atoms with Crippen molar-refractivity contribution in [1.29, 1.82) is 0 Å². The predicted octanol–water partition coefficient (Wildman–Crippen LogP) is 2.68. The predicted molar refractivity (Wildman–Crippen MR) is 76.4 cm³/mol. The molecule has 0 aliphatic carbocycles. The highest BCUT2D eigenvalue weighted by atomic mass is 32.1. The van der Waals surface area contributed by atoms with E-state index < -0.39 is 0 Å². The molecule has 4 nitrogen and oxygen atoms in total. The number of hydrogen-bond donors (Lipinski definition) is 1. The van der Waals surface area contributed by atoms with Crippen LogP contribution in [0.1, 0.15) is 10.7 Å². The van der Waals surface area contributed by atoms with Crippen molar-refractivity contribution >= 4 is 22.7 Å². The van der Waals surface area contributed by atoms with E-state index in [1.54, 1.807) is 18.4 Å². The van der Waals surface area contributed by atoms with Crippen LogP contribution in [-0.4, -0.2) is 19.1 Å². The van der Waals surface area contributed by atoms with E-state index in [1.807, 2.05) is 32.2 Å². The first-order valence-electron chi connectivity index (χ1n) is 5.65. The number of aromatic nitrogens is 1. The molecule has 2 rings (SSSR count). The van der Waals surface area contributed by atoms with Crippen molar-refractivity contribution in [1.82, 2.24) is 4.98 Å². The van der Waals surface area contributed by atoms with Crippen LogP contribution in [0.15, 0.2) is 23.6 Å². The third-order valence-corrected chi connectivity index (χ3v) is 3.48. The molecule has 0 bridgehead atoms. The van der Waals surface area contributed by atoms with Crippen molar-refractivity contribution in [2.75, 3.05) is 24.8 Å². The minimum atomic E-state index is 0.700. The third kappa shape index (κ3) is 2.92. The molecule has 0 unspecified atom stereocenters. The molecule has 0 aliphatic heterocycles. The molecule has 0 saturated carbocycles. The van der Waals surface area contributed by atoms with Gasteiger partial charge < -0.3 is 15.4 Å². The standard InChI is InChI=1S/C13H17N3OS/c1-9-15-11(8-18-9)7-16(2)12-4-10(14)5-13(6-12)17-3/h4-6,8H,7,14H2,1-3H3. The Labute approximate surface area is 111 Å². The average Bonchev–Trinajstić information content (AvgIpc) is 2.73. The van der Waals surface area contributed by atoms with Crippen LogP contribution in [0.25, 0.3) is 0 Å². The van der Waals surface area contributed by atoms with E-state index in [-0.39, 0.29) is 0 Å². The van der Waals surface area contributed by atoms with Gasteiger partial charge in [0.15, 0.2) is 0 Å². The summed E-state index contributed by atoms with van der Waals surface area (Å²) in [6, 6.07) is 5.71. The van der Waals surface area contributed by atoms with E-state index in [4.69, 9.17) is 10.5 Å². The first-order valence-corrected chi connectivity index (χ1v) is 6.53. The van der Waals surface area contributed by atoms with Crippen molar-refractivity contribution in [3.63, 3.8) is 0 Å². The fourth-order valence-electron chi connectivity index (χ4n) is 1.76. The first kappa shape index (κ1) is 12.7. The quantitative estimate of drug-likeness (QED) is 0.862. The number of rotatable bonds is 4. The minimum Gasteiger partial charge on any atom is -0.497 e. The van der Waals surface area contributed by atoms with Crippen LogP contribution < -0.4 is 15.4 Å². The number of nitrogen functional groups attached to an aromatic ring is 1. The van der Waals surface area contributed by atoms with Crippen molar-refractivity contribution in [2.45, 2.75) is 13.5 Å². The van der Waals surface area contributed by atoms with Crippen LogP contribution >= 0.6 is 11.3 Å². The van der Waals surface area contributed by atoms with Gasteiger partial charge in [0.25, 0.3) is 0 Å². The molecular weight excluding hydrogens is 246 g/mol. The fourth-order valence-corrected chi connectivity index (χ4v) is 2.36. The molecule has 0 aliphatic rings. The summed E-state index contributed by atoms with van der Waals surface area (Å²) in [5, 5.41) is 3.17. The van der Waals surface area contributed by atoms with E-state index in [0.29, 0.717) is 5.69 Å². The maximum absolute atomic E-state index is 5.85. The molecule has 1 heterocycles. The average molecular weight is 263 g/mol. The molecule has 5 heteroatoms. The molecule has 0 saturated heterocycles. The number of nitrogens with two attached hydrogens (primary N) is 1. The Kier molecular flexibility index (Phi) is 3.72. The third-order valence-electron chi connectivity index (χ3n) is 2.66. The number of nitrogens with zero attached hydrogens (tertiary/aromatic N) is 2.